The third kappa shape index (κ3) is 4.41. The quantitative estimate of drug-likeness (QED) is 0.179. The van der Waals surface area contributed by atoms with E-state index in [-0.39, 0.29) is 29.0 Å². The van der Waals surface area contributed by atoms with E-state index in [1.165, 1.54) is 16.7 Å². The lowest BCUT2D eigenvalue weighted by molar-refractivity contribution is -0.671. The first-order valence-electron chi connectivity index (χ1n) is 9.81. The molecule has 0 aliphatic carbocycles. The second-order valence-corrected chi connectivity index (χ2v) is 9.07. The van der Waals surface area contributed by atoms with Gasteiger partial charge in [-0.05, 0) is 6.92 Å². The first kappa shape index (κ1) is 22.7. The van der Waals surface area contributed by atoms with E-state index in [4.69, 9.17) is 10.6 Å². The summed E-state index contributed by atoms with van der Waals surface area (Å²) in [7, 11) is 1.86. The molecule has 1 unspecified atom stereocenters. The number of aryl methyl sites for hydroxylation is 1. The van der Waals surface area contributed by atoms with Crippen molar-refractivity contribution in [2.24, 2.45) is 12.2 Å². The van der Waals surface area contributed by atoms with Crippen molar-refractivity contribution in [1.29, 1.82) is 0 Å². The molecule has 2 aromatic rings. The van der Waals surface area contributed by atoms with E-state index in [1.54, 1.807) is 6.92 Å². The average Bonchev–Trinajstić information content (AvgIpc) is 3.39. The lowest BCUT2D eigenvalue weighted by Gasteiger charge is -2.49. The Labute approximate surface area is 196 Å². The minimum atomic E-state index is -1.19. The molecule has 4 heterocycles. The molecule has 1 fully saturated rings. The van der Waals surface area contributed by atoms with Crippen LogP contribution in [-0.4, -0.2) is 71.2 Å². The number of nitrogens with two attached hydrogens (primary N) is 1. The molecule has 0 aromatic carbocycles. The number of β-lactam (4-membered cyclic amide) rings is 1. The van der Waals surface area contributed by atoms with Gasteiger partial charge < -0.3 is 21.0 Å². The van der Waals surface area contributed by atoms with Crippen molar-refractivity contribution < 1.29 is 28.9 Å². The van der Waals surface area contributed by atoms with Crippen molar-refractivity contribution in [3.05, 3.63) is 35.8 Å². The summed E-state index contributed by atoms with van der Waals surface area (Å²) in [6, 6.07) is -0.925. The number of carboxylic acids is 1. The molecule has 15 heteroatoms. The maximum absolute atomic E-state index is 12.9. The number of hydrogen-bond acceptors (Lipinski definition) is 10. The van der Waals surface area contributed by atoms with Crippen LogP contribution in [-0.2, 0) is 32.8 Å². The van der Waals surface area contributed by atoms with Gasteiger partial charge in [0, 0.05) is 22.9 Å². The van der Waals surface area contributed by atoms with Crippen LogP contribution in [0.25, 0.3) is 0 Å². The standard InChI is InChI=1S/C18H20N8O5S2/c1-3-31-22-10(13-21-18(19)33-23-13)14(27)20-11-15(28)26-12(17(29)30)9(7-32-16(11)26)6-25-5-4-24(2)8-25/h4-5,8,11,16H,3,6-7H2,1-2H3,(H3-,19,20,21,23,27,29,30)/p+1/t11?,16-/m1/s1. The zero-order chi connectivity index (χ0) is 23.7. The number of carbonyl (C=O) groups excluding carboxylic acids is 2. The fourth-order valence-corrected chi connectivity index (χ4v) is 5.24. The van der Waals surface area contributed by atoms with Gasteiger partial charge in [0.15, 0.2) is 5.13 Å². The summed E-state index contributed by atoms with van der Waals surface area (Å²) >= 11 is 2.27. The smallest absolute Gasteiger partial charge is 0.352 e. The number of nitrogen functional groups attached to an aromatic ring is 1. The van der Waals surface area contributed by atoms with E-state index in [0.29, 0.717) is 17.9 Å². The summed E-state index contributed by atoms with van der Waals surface area (Å²) in [6.45, 7) is 2.24. The largest absolute Gasteiger partial charge is 0.477 e. The van der Waals surface area contributed by atoms with Gasteiger partial charge in [0.2, 0.25) is 17.9 Å². The molecular weight excluding hydrogens is 472 g/mol. The van der Waals surface area contributed by atoms with E-state index < -0.39 is 29.2 Å². The molecule has 1 saturated heterocycles. The maximum atomic E-state index is 12.9. The Morgan fingerprint density at radius 2 is 2.27 bits per heavy atom. The van der Waals surface area contributed by atoms with Gasteiger partial charge in [-0.15, -0.1) is 11.8 Å². The van der Waals surface area contributed by atoms with Crippen molar-refractivity contribution in [1.82, 2.24) is 24.1 Å². The lowest BCUT2D eigenvalue weighted by Crippen LogP contribution is -2.71. The molecule has 13 nitrogen and oxygen atoms in total. The maximum Gasteiger partial charge on any atom is 0.352 e. The summed E-state index contributed by atoms with van der Waals surface area (Å²) in [6.07, 6.45) is 5.48. The fraction of sp³-hybridized carbons (Fsp3) is 0.389. The predicted octanol–water partition coefficient (Wildman–Crippen LogP) is -1.07. The number of fused-ring (bicyclic) bond motifs is 1. The summed E-state index contributed by atoms with van der Waals surface area (Å²) < 4.78 is 7.65. The lowest BCUT2D eigenvalue weighted by atomic mass is 10.0. The van der Waals surface area contributed by atoms with E-state index in [0.717, 1.165) is 11.5 Å². The Hall–Kier alpha value is -3.46. The highest BCUT2D eigenvalue weighted by atomic mass is 32.2. The molecule has 2 aliphatic rings. The summed E-state index contributed by atoms with van der Waals surface area (Å²) in [4.78, 5) is 47.9. The first-order valence-corrected chi connectivity index (χ1v) is 11.6. The van der Waals surface area contributed by atoms with Crippen LogP contribution >= 0.6 is 23.3 Å². The van der Waals surface area contributed by atoms with Crippen LogP contribution in [0.2, 0.25) is 0 Å². The van der Waals surface area contributed by atoms with Crippen LogP contribution < -0.4 is 15.6 Å². The number of aromatic nitrogens is 4. The Kier molecular flexibility index (Phi) is 6.33. The second-order valence-electron chi connectivity index (χ2n) is 7.18. The average molecular weight is 494 g/mol. The number of nitrogens with zero attached hydrogens (tertiary/aromatic N) is 6. The molecule has 33 heavy (non-hydrogen) atoms. The van der Waals surface area contributed by atoms with E-state index in [2.05, 4.69) is 19.8 Å². The molecular formula is C18H21N8O5S2+. The van der Waals surface area contributed by atoms with Crippen LogP contribution in [0.3, 0.4) is 0 Å². The molecule has 0 radical (unpaired) electrons. The number of amides is 2. The molecule has 2 aromatic heterocycles. The van der Waals surface area contributed by atoms with Crippen LogP contribution in [0.15, 0.2) is 35.1 Å². The predicted molar refractivity (Wildman–Crippen MR) is 118 cm³/mol. The molecule has 2 amide bonds. The number of hydrogen-bond donors (Lipinski definition) is 3. The van der Waals surface area contributed by atoms with Gasteiger partial charge in [0.05, 0.1) is 7.05 Å². The minimum Gasteiger partial charge on any atom is -0.477 e. The molecule has 2 atom stereocenters. The molecule has 174 valence electrons. The van der Waals surface area contributed by atoms with Crippen molar-refractivity contribution in [2.75, 3.05) is 18.1 Å². The van der Waals surface area contributed by atoms with Gasteiger partial charge in [0.1, 0.15) is 42.7 Å². The van der Waals surface area contributed by atoms with E-state index in [9.17, 15) is 19.5 Å². The third-order valence-electron chi connectivity index (χ3n) is 4.89. The molecule has 4 rings (SSSR count). The number of carbonyl (C=O) groups is 3. The zero-order valence-corrected chi connectivity index (χ0v) is 19.3. The van der Waals surface area contributed by atoms with Crippen LogP contribution in [0, 0.1) is 0 Å². The molecule has 0 spiro atoms. The van der Waals surface area contributed by atoms with Crippen molar-refractivity contribution in [3.63, 3.8) is 0 Å². The van der Waals surface area contributed by atoms with Crippen LogP contribution in [0.1, 0.15) is 12.7 Å². The Morgan fingerprint density at radius 3 is 2.88 bits per heavy atom. The molecule has 0 saturated carbocycles. The highest BCUT2D eigenvalue weighted by molar-refractivity contribution is 8.00. The van der Waals surface area contributed by atoms with Crippen LogP contribution in [0.5, 0.6) is 0 Å². The Morgan fingerprint density at radius 1 is 1.48 bits per heavy atom. The SMILES string of the molecule is CCON=C(C(=O)NC1C(=O)N2C(C(=O)O)=C(Cn3cc[n+](C)c3)CS[C@H]12)c1nsc(N)n1. The number of aliphatic carboxylic acids is 1. The molecule has 4 N–H and O–H groups in total. The highest BCUT2D eigenvalue weighted by Crippen LogP contribution is 2.40. The normalized spacial score (nSPS) is 20.4. The minimum absolute atomic E-state index is 0.0170. The third-order valence-corrected chi connectivity index (χ3v) is 6.77. The topological polar surface area (TPSA) is 169 Å². The first-order chi connectivity index (χ1) is 15.8. The molecule has 2 aliphatic heterocycles. The van der Waals surface area contributed by atoms with Gasteiger partial charge in [-0.3, -0.25) is 14.5 Å². The van der Waals surface area contributed by atoms with Crippen molar-refractivity contribution in [3.8, 4) is 0 Å². The number of rotatable bonds is 8. The zero-order valence-electron chi connectivity index (χ0n) is 17.7. The Bertz CT molecular complexity index is 1170. The molecule has 0 bridgehead atoms. The second kappa shape index (κ2) is 9.19. The van der Waals surface area contributed by atoms with Gasteiger partial charge in [-0.2, -0.15) is 9.36 Å². The summed E-state index contributed by atoms with van der Waals surface area (Å²) in [5, 5.41) is 15.8. The van der Waals surface area contributed by atoms with Gasteiger partial charge in [-0.1, -0.05) is 5.16 Å². The Balaban J connectivity index is 1.53. The van der Waals surface area contributed by atoms with Gasteiger partial charge >= 0.3 is 5.97 Å². The summed E-state index contributed by atoms with van der Waals surface area (Å²) in [5.41, 5.74) is 5.94. The number of oxime groups is 1. The van der Waals surface area contributed by atoms with E-state index in [1.807, 2.05) is 34.9 Å². The van der Waals surface area contributed by atoms with Gasteiger partial charge in [0.25, 0.3) is 11.8 Å². The fourth-order valence-electron chi connectivity index (χ4n) is 3.47. The van der Waals surface area contributed by atoms with Crippen molar-refractivity contribution >= 4 is 51.9 Å². The van der Waals surface area contributed by atoms with Crippen LogP contribution in [0.4, 0.5) is 5.13 Å². The number of imidazole rings is 1. The highest BCUT2D eigenvalue weighted by Gasteiger charge is 2.54. The number of thioether (sulfide) groups is 1. The summed E-state index contributed by atoms with van der Waals surface area (Å²) in [5.74, 6) is -2.04. The van der Waals surface area contributed by atoms with Gasteiger partial charge in [-0.25, -0.2) is 13.9 Å². The van der Waals surface area contributed by atoms with Crippen molar-refractivity contribution in [2.45, 2.75) is 24.9 Å². The number of nitrogens with one attached hydrogen (secondary N) is 1. The number of carboxylic acid groups (broad SMARTS) is 1. The number of anilines is 1. The van der Waals surface area contributed by atoms with E-state index >= 15 is 0 Å². The monoisotopic (exact) mass is 493 g/mol.